The Morgan fingerprint density at radius 2 is 2.71 bits per heavy atom. The van der Waals surface area contributed by atoms with Crippen LogP contribution in [-0.2, 0) is 0 Å². The summed E-state index contributed by atoms with van der Waals surface area (Å²) in [5.74, 6) is 0.931. The van der Waals surface area contributed by atoms with Crippen molar-refractivity contribution in [2.24, 2.45) is 0 Å². The summed E-state index contributed by atoms with van der Waals surface area (Å²) in [4.78, 5) is 6.84. The van der Waals surface area contributed by atoms with Crippen molar-refractivity contribution in [2.45, 2.75) is 6.92 Å². The molecule has 37 valence electrons. The summed E-state index contributed by atoms with van der Waals surface area (Å²) in [5, 5.41) is 0. The minimum Gasteiger partial charge on any atom is -0.348 e. The summed E-state index contributed by atoms with van der Waals surface area (Å²) >= 11 is 0. The van der Waals surface area contributed by atoms with Gasteiger partial charge in [0.25, 0.3) is 0 Å². The quantitative estimate of drug-likeness (QED) is 0.553. The Labute approximate surface area is 42.6 Å². The number of nitrogens with zero attached hydrogens (tertiary/aromatic N) is 1. The summed E-state index contributed by atoms with van der Waals surface area (Å²) in [6.45, 7) is 1.94. The second kappa shape index (κ2) is 1.78. The Kier molecular flexibility index (Phi) is 1.11. The Morgan fingerprint density at radius 1 is 1.86 bits per heavy atom. The molecule has 0 spiro atoms. The summed E-state index contributed by atoms with van der Waals surface area (Å²) in [6.07, 6.45) is 5.45. The lowest BCUT2D eigenvalue weighted by molar-refractivity contribution is 1.15. The molecule has 0 aliphatic heterocycles. The normalized spacial score (nSPS) is 9.29. The molecule has 0 atom stereocenters. The molecule has 1 radical (unpaired) electrons. The van der Waals surface area contributed by atoms with Crippen molar-refractivity contribution in [3.05, 3.63) is 24.6 Å². The molecule has 0 saturated carbocycles. The fraction of sp³-hybridized carbons (Fsp3) is 0.200. The van der Waals surface area contributed by atoms with E-state index in [9.17, 15) is 0 Å². The van der Waals surface area contributed by atoms with Crippen LogP contribution >= 0.6 is 0 Å². The highest BCUT2D eigenvalue weighted by molar-refractivity contribution is 4.97. The zero-order chi connectivity index (χ0) is 5.11. The van der Waals surface area contributed by atoms with Gasteiger partial charge in [-0.25, -0.2) is 4.98 Å². The Hall–Kier alpha value is -0.790. The van der Waals surface area contributed by atoms with Gasteiger partial charge in [-0.05, 0) is 0 Å². The maximum atomic E-state index is 3.92. The summed E-state index contributed by atoms with van der Waals surface area (Å²) in [5.41, 5.74) is 0. The SMILES string of the molecule is C[CH]c1ncc[nH]1. The second-order valence-electron chi connectivity index (χ2n) is 1.26. The van der Waals surface area contributed by atoms with E-state index in [1.54, 1.807) is 12.4 Å². The molecule has 0 aromatic carbocycles. The van der Waals surface area contributed by atoms with Crippen molar-refractivity contribution >= 4 is 0 Å². The lowest BCUT2D eigenvalue weighted by atomic mass is 10.5. The monoisotopic (exact) mass is 95.1 g/mol. The molecule has 0 aliphatic rings. The first-order valence-corrected chi connectivity index (χ1v) is 2.22. The molecule has 0 fully saturated rings. The Bertz CT molecular complexity index is 121. The van der Waals surface area contributed by atoms with Crippen LogP contribution in [-0.4, -0.2) is 9.97 Å². The number of aromatic amines is 1. The molecule has 2 nitrogen and oxygen atoms in total. The standard InChI is InChI=1S/C5H7N2/c1-2-5-6-3-4-7-5/h2-4H,1H3,(H,6,7). The van der Waals surface area contributed by atoms with Crippen LogP contribution in [0.5, 0.6) is 0 Å². The highest BCUT2D eigenvalue weighted by Gasteiger charge is 1.83. The predicted molar refractivity (Wildman–Crippen MR) is 27.7 cm³/mol. The van der Waals surface area contributed by atoms with E-state index in [1.165, 1.54) is 0 Å². The van der Waals surface area contributed by atoms with E-state index in [0.717, 1.165) is 5.82 Å². The third-order valence-electron chi connectivity index (χ3n) is 0.793. The Morgan fingerprint density at radius 3 is 3.00 bits per heavy atom. The molecule has 1 heterocycles. The number of hydrogen-bond donors (Lipinski definition) is 1. The van der Waals surface area contributed by atoms with Crippen molar-refractivity contribution in [1.82, 2.24) is 9.97 Å². The van der Waals surface area contributed by atoms with E-state index < -0.39 is 0 Å². The molecule has 1 aromatic heterocycles. The molecule has 0 saturated heterocycles. The molecular weight excluding hydrogens is 88.1 g/mol. The van der Waals surface area contributed by atoms with Gasteiger partial charge < -0.3 is 4.98 Å². The number of H-pyrrole nitrogens is 1. The lowest BCUT2D eigenvalue weighted by Crippen LogP contribution is -1.75. The van der Waals surface area contributed by atoms with E-state index in [1.807, 2.05) is 13.3 Å². The lowest BCUT2D eigenvalue weighted by Gasteiger charge is -1.78. The maximum Gasteiger partial charge on any atom is 0.109 e. The summed E-state index contributed by atoms with van der Waals surface area (Å²) in [7, 11) is 0. The van der Waals surface area contributed by atoms with Gasteiger partial charge in [0.1, 0.15) is 5.82 Å². The molecule has 0 unspecified atom stereocenters. The number of hydrogen-bond acceptors (Lipinski definition) is 1. The molecule has 1 aromatic rings. The molecular formula is C5H7N2. The zero-order valence-electron chi connectivity index (χ0n) is 4.18. The summed E-state index contributed by atoms with van der Waals surface area (Å²) in [6, 6.07) is 0. The van der Waals surface area contributed by atoms with Gasteiger partial charge in [-0.1, -0.05) is 6.92 Å². The van der Waals surface area contributed by atoms with Gasteiger partial charge in [0.15, 0.2) is 0 Å². The van der Waals surface area contributed by atoms with Crippen LogP contribution < -0.4 is 0 Å². The van der Waals surface area contributed by atoms with Crippen LogP contribution in [0.15, 0.2) is 12.4 Å². The number of nitrogens with one attached hydrogen (secondary N) is 1. The summed E-state index contributed by atoms with van der Waals surface area (Å²) < 4.78 is 0. The fourth-order valence-corrected chi connectivity index (χ4v) is 0.435. The van der Waals surface area contributed by atoms with Crippen LogP contribution in [0.25, 0.3) is 0 Å². The molecule has 1 N–H and O–H groups in total. The van der Waals surface area contributed by atoms with Crippen molar-refractivity contribution < 1.29 is 0 Å². The van der Waals surface area contributed by atoms with Crippen molar-refractivity contribution in [3.8, 4) is 0 Å². The van der Waals surface area contributed by atoms with Crippen LogP contribution in [0.4, 0.5) is 0 Å². The van der Waals surface area contributed by atoms with E-state index in [2.05, 4.69) is 9.97 Å². The highest BCUT2D eigenvalue weighted by Crippen LogP contribution is 1.88. The van der Waals surface area contributed by atoms with Gasteiger partial charge in [0.05, 0.1) is 0 Å². The van der Waals surface area contributed by atoms with Crippen molar-refractivity contribution in [3.63, 3.8) is 0 Å². The van der Waals surface area contributed by atoms with Crippen LogP contribution in [0.3, 0.4) is 0 Å². The number of imidazole rings is 1. The number of rotatable bonds is 1. The van der Waals surface area contributed by atoms with E-state index in [4.69, 9.17) is 0 Å². The fourth-order valence-electron chi connectivity index (χ4n) is 0.435. The van der Waals surface area contributed by atoms with E-state index in [-0.39, 0.29) is 0 Å². The predicted octanol–water partition coefficient (Wildman–Crippen LogP) is 0.982. The number of aromatic nitrogens is 2. The van der Waals surface area contributed by atoms with Gasteiger partial charge in [-0.2, -0.15) is 0 Å². The topological polar surface area (TPSA) is 28.7 Å². The van der Waals surface area contributed by atoms with Crippen LogP contribution in [0, 0.1) is 6.42 Å². The minimum atomic E-state index is 0.931. The average Bonchev–Trinajstić information content (AvgIpc) is 2.14. The van der Waals surface area contributed by atoms with E-state index >= 15 is 0 Å². The van der Waals surface area contributed by atoms with Gasteiger partial charge in [0.2, 0.25) is 0 Å². The van der Waals surface area contributed by atoms with Gasteiger partial charge in [0, 0.05) is 18.8 Å². The smallest absolute Gasteiger partial charge is 0.109 e. The first-order chi connectivity index (χ1) is 3.43. The second-order valence-corrected chi connectivity index (χ2v) is 1.26. The Balaban J connectivity index is 2.76. The molecule has 1 rings (SSSR count). The largest absolute Gasteiger partial charge is 0.348 e. The van der Waals surface area contributed by atoms with Gasteiger partial charge >= 0.3 is 0 Å². The average molecular weight is 95.1 g/mol. The van der Waals surface area contributed by atoms with Gasteiger partial charge in [-0.15, -0.1) is 0 Å². The highest BCUT2D eigenvalue weighted by atomic mass is 14.9. The first-order valence-electron chi connectivity index (χ1n) is 2.22. The molecule has 7 heavy (non-hydrogen) atoms. The first kappa shape index (κ1) is 4.37. The molecule has 0 aliphatic carbocycles. The molecule has 0 bridgehead atoms. The third-order valence-corrected chi connectivity index (χ3v) is 0.793. The third kappa shape index (κ3) is 0.796. The van der Waals surface area contributed by atoms with Gasteiger partial charge in [-0.3, -0.25) is 0 Å². The molecule has 0 amide bonds. The van der Waals surface area contributed by atoms with Crippen LogP contribution in [0.1, 0.15) is 12.7 Å². The van der Waals surface area contributed by atoms with Crippen molar-refractivity contribution in [2.75, 3.05) is 0 Å². The molecule has 2 heteroatoms. The maximum absolute atomic E-state index is 3.92. The minimum absolute atomic E-state index is 0.931. The van der Waals surface area contributed by atoms with E-state index in [0.29, 0.717) is 0 Å². The van der Waals surface area contributed by atoms with Crippen molar-refractivity contribution in [1.29, 1.82) is 0 Å². The van der Waals surface area contributed by atoms with Crippen LogP contribution in [0.2, 0.25) is 0 Å². The zero-order valence-corrected chi connectivity index (χ0v) is 4.18.